The normalized spacial score (nSPS) is 10.8. The maximum absolute atomic E-state index is 12.2. The minimum atomic E-state index is -0.0247. The van der Waals surface area contributed by atoms with Crippen molar-refractivity contribution < 1.29 is 0 Å². The summed E-state index contributed by atoms with van der Waals surface area (Å²) in [5, 5.41) is 0.787. The zero-order valence-corrected chi connectivity index (χ0v) is 10.5. The Hall–Kier alpha value is -1.84. The van der Waals surface area contributed by atoms with Crippen LogP contribution >= 0.6 is 0 Å². The summed E-state index contributed by atoms with van der Waals surface area (Å²) in [5.41, 5.74) is 7.06. The van der Waals surface area contributed by atoms with Crippen LogP contribution in [0.2, 0.25) is 0 Å². The first-order valence-corrected chi connectivity index (χ1v) is 6.70. The molecule has 0 saturated heterocycles. The summed E-state index contributed by atoms with van der Waals surface area (Å²) in [6, 6.07) is 9.47. The number of pyridine rings is 1. The third-order valence-corrected chi connectivity index (χ3v) is 4.80. The summed E-state index contributed by atoms with van der Waals surface area (Å²) < 4.78 is 2.86. The minimum absolute atomic E-state index is 0.0247. The van der Waals surface area contributed by atoms with E-state index in [1.54, 1.807) is 22.0 Å². The van der Waals surface area contributed by atoms with Crippen molar-refractivity contribution in [2.45, 2.75) is 0 Å². The van der Waals surface area contributed by atoms with Gasteiger partial charge < -0.3 is 0 Å². The molecule has 1 aromatic carbocycles. The maximum atomic E-state index is 12.2. The van der Waals surface area contributed by atoms with Crippen LogP contribution in [-0.4, -0.2) is 23.3 Å². The molecule has 0 saturated carbocycles. The molecule has 0 atom stereocenters. The van der Waals surface area contributed by atoms with Crippen LogP contribution in [0.1, 0.15) is 0 Å². The fourth-order valence-corrected chi connectivity index (χ4v) is 3.75. The fraction of sp³-hybridized carbons (Fsp3) is 0. The molecular formula is C12H9N3OSe. The van der Waals surface area contributed by atoms with Gasteiger partial charge in [-0.05, 0) is 0 Å². The zero-order chi connectivity index (χ0) is 11.8. The molecule has 0 fully saturated rings. The molecule has 0 aliphatic rings. The molecule has 2 aromatic heterocycles. The van der Waals surface area contributed by atoms with Gasteiger partial charge in [-0.1, -0.05) is 0 Å². The van der Waals surface area contributed by atoms with Crippen molar-refractivity contribution in [2.75, 3.05) is 5.73 Å². The van der Waals surface area contributed by atoms with E-state index in [1.165, 1.54) is 0 Å². The van der Waals surface area contributed by atoms with Crippen LogP contribution in [-0.2, 0) is 0 Å². The Morgan fingerprint density at radius 1 is 1.24 bits per heavy atom. The summed E-state index contributed by atoms with van der Waals surface area (Å²) >= 11 is -0.0247. The molecule has 3 rings (SSSR count). The Morgan fingerprint density at radius 3 is 2.82 bits per heavy atom. The van der Waals surface area contributed by atoms with Crippen LogP contribution in [0.3, 0.4) is 0 Å². The Kier molecular flexibility index (Phi) is 2.35. The van der Waals surface area contributed by atoms with Crippen molar-refractivity contribution >= 4 is 30.1 Å². The van der Waals surface area contributed by atoms with Crippen molar-refractivity contribution in [1.29, 1.82) is 0 Å². The van der Waals surface area contributed by atoms with Gasteiger partial charge in [-0.15, -0.1) is 0 Å². The molecule has 84 valence electrons. The number of hydrogen-bond donors (Lipinski definition) is 1. The van der Waals surface area contributed by atoms with Crippen LogP contribution in [0.4, 0.5) is 5.69 Å². The monoisotopic (exact) mass is 291 g/mol. The van der Waals surface area contributed by atoms with Gasteiger partial charge in [0, 0.05) is 0 Å². The number of nitrogens with two attached hydrogens (primary N) is 1. The molecule has 3 aromatic rings. The Balaban J connectivity index is 2.31. The summed E-state index contributed by atoms with van der Waals surface area (Å²) in [6.07, 6.45) is 3.24. The van der Waals surface area contributed by atoms with E-state index in [0.717, 1.165) is 15.3 Å². The van der Waals surface area contributed by atoms with Gasteiger partial charge in [0.15, 0.2) is 0 Å². The SMILES string of the molecule is Nc1cncc(-n2[se]c3ccccc3c2=O)c1. The van der Waals surface area contributed by atoms with E-state index in [9.17, 15) is 4.79 Å². The molecule has 2 heterocycles. The molecule has 2 N–H and O–H groups in total. The number of fused-ring (bicyclic) bond motifs is 1. The van der Waals surface area contributed by atoms with E-state index in [-0.39, 0.29) is 20.3 Å². The van der Waals surface area contributed by atoms with E-state index in [2.05, 4.69) is 4.98 Å². The molecule has 17 heavy (non-hydrogen) atoms. The molecule has 0 unspecified atom stereocenters. The van der Waals surface area contributed by atoms with Gasteiger partial charge in [0.1, 0.15) is 0 Å². The van der Waals surface area contributed by atoms with E-state index in [1.807, 2.05) is 24.3 Å². The second-order valence-corrected chi connectivity index (χ2v) is 5.74. The van der Waals surface area contributed by atoms with E-state index in [4.69, 9.17) is 5.73 Å². The molecule has 0 amide bonds. The average molecular weight is 290 g/mol. The number of hydrogen-bond acceptors (Lipinski definition) is 3. The van der Waals surface area contributed by atoms with Crippen LogP contribution < -0.4 is 11.3 Å². The fourth-order valence-electron chi connectivity index (χ4n) is 1.70. The average Bonchev–Trinajstić information content (AvgIpc) is 2.68. The summed E-state index contributed by atoms with van der Waals surface area (Å²) in [7, 11) is 0. The van der Waals surface area contributed by atoms with Crippen LogP contribution in [0.5, 0.6) is 0 Å². The van der Waals surface area contributed by atoms with E-state index in [0.29, 0.717) is 5.69 Å². The zero-order valence-electron chi connectivity index (χ0n) is 8.83. The quantitative estimate of drug-likeness (QED) is 0.681. The van der Waals surface area contributed by atoms with Gasteiger partial charge in [-0.2, -0.15) is 0 Å². The first kappa shape index (κ1) is 10.3. The van der Waals surface area contributed by atoms with Crippen molar-refractivity contribution in [1.82, 2.24) is 8.55 Å². The number of anilines is 1. The first-order chi connectivity index (χ1) is 8.25. The van der Waals surface area contributed by atoms with Crippen molar-refractivity contribution in [3.8, 4) is 5.69 Å². The Bertz CT molecular complexity index is 745. The molecule has 0 aliphatic heterocycles. The predicted octanol–water partition coefficient (Wildman–Crippen LogP) is 1.02. The van der Waals surface area contributed by atoms with Gasteiger partial charge in [0.25, 0.3) is 0 Å². The van der Waals surface area contributed by atoms with Gasteiger partial charge in [-0.3, -0.25) is 0 Å². The Morgan fingerprint density at radius 2 is 2.06 bits per heavy atom. The summed E-state index contributed by atoms with van der Waals surface area (Å²) in [6.45, 7) is 0. The van der Waals surface area contributed by atoms with Crippen molar-refractivity contribution in [2.24, 2.45) is 0 Å². The number of nitrogens with zero attached hydrogens (tertiary/aromatic N) is 2. The van der Waals surface area contributed by atoms with Crippen LogP contribution in [0.15, 0.2) is 47.5 Å². The van der Waals surface area contributed by atoms with Crippen LogP contribution in [0.25, 0.3) is 15.3 Å². The molecule has 0 aliphatic carbocycles. The van der Waals surface area contributed by atoms with Gasteiger partial charge in [0.2, 0.25) is 0 Å². The van der Waals surface area contributed by atoms with Crippen molar-refractivity contribution in [3.05, 3.63) is 53.1 Å². The van der Waals surface area contributed by atoms with E-state index >= 15 is 0 Å². The summed E-state index contributed by atoms with van der Waals surface area (Å²) in [5.74, 6) is 0. The van der Waals surface area contributed by atoms with E-state index < -0.39 is 0 Å². The first-order valence-electron chi connectivity index (χ1n) is 5.08. The summed E-state index contributed by atoms with van der Waals surface area (Å²) in [4.78, 5) is 16.2. The third kappa shape index (κ3) is 1.69. The topological polar surface area (TPSA) is 60.9 Å². The van der Waals surface area contributed by atoms with Gasteiger partial charge in [-0.25, -0.2) is 0 Å². The number of benzene rings is 1. The number of aromatic nitrogens is 2. The predicted molar refractivity (Wildman–Crippen MR) is 68.7 cm³/mol. The second kappa shape index (κ2) is 3.87. The van der Waals surface area contributed by atoms with Gasteiger partial charge >= 0.3 is 103 Å². The van der Waals surface area contributed by atoms with Crippen molar-refractivity contribution in [3.63, 3.8) is 0 Å². The molecule has 5 heteroatoms. The third-order valence-electron chi connectivity index (χ3n) is 2.47. The second-order valence-electron chi connectivity index (χ2n) is 3.66. The molecule has 0 bridgehead atoms. The molecular weight excluding hydrogens is 281 g/mol. The van der Waals surface area contributed by atoms with Crippen LogP contribution in [0, 0.1) is 0 Å². The number of nitrogen functional groups attached to an aromatic ring is 1. The molecule has 4 nitrogen and oxygen atoms in total. The van der Waals surface area contributed by atoms with Gasteiger partial charge in [0.05, 0.1) is 0 Å². The number of rotatable bonds is 1. The molecule has 0 spiro atoms. The molecule has 0 radical (unpaired) electrons. The standard InChI is InChI=1S/C12H9N3OSe/c13-8-5-9(7-14-6-8)15-12(16)10-3-1-2-4-11(10)17-15/h1-7H,13H2. The Labute approximate surface area is 103 Å².